The van der Waals surface area contributed by atoms with Gasteiger partial charge in [-0.2, -0.15) is 0 Å². The van der Waals surface area contributed by atoms with Crippen molar-refractivity contribution in [3.63, 3.8) is 0 Å². The lowest BCUT2D eigenvalue weighted by atomic mass is 10.1. The number of para-hydroxylation sites is 1. The maximum absolute atomic E-state index is 12.9. The summed E-state index contributed by atoms with van der Waals surface area (Å²) in [6.45, 7) is 4.13. The molecule has 0 spiro atoms. The molecule has 1 heterocycles. The van der Waals surface area contributed by atoms with Crippen LogP contribution >= 0.6 is 7.82 Å². The molecule has 1 aliphatic rings. The summed E-state index contributed by atoms with van der Waals surface area (Å²) >= 11 is 0. The van der Waals surface area contributed by atoms with E-state index in [9.17, 15) is 9.46 Å². The Kier molecular flexibility index (Phi) is 14.1. The molecule has 9 heteroatoms. The molecule has 0 saturated carbocycles. The first kappa shape index (κ1) is 31.7. The summed E-state index contributed by atoms with van der Waals surface area (Å²) in [4.78, 5) is 14.6. The highest BCUT2D eigenvalue weighted by atomic mass is 31.2. The third kappa shape index (κ3) is 11.7. The van der Waals surface area contributed by atoms with E-state index < -0.39 is 7.82 Å². The summed E-state index contributed by atoms with van der Waals surface area (Å²) in [6, 6.07) is 12.0. The number of methoxy groups -OCH3 is 1. The lowest BCUT2D eigenvalue weighted by Crippen LogP contribution is -2.10. The molecule has 0 fully saturated rings. The van der Waals surface area contributed by atoms with Crippen molar-refractivity contribution in [2.45, 2.75) is 90.5 Å². The first-order valence-corrected chi connectivity index (χ1v) is 16.2. The third-order valence-corrected chi connectivity index (χ3v) is 7.64. The van der Waals surface area contributed by atoms with Gasteiger partial charge in [0.15, 0.2) is 17.7 Å². The number of rotatable bonds is 21. The van der Waals surface area contributed by atoms with Crippen LogP contribution in [0.15, 0.2) is 47.5 Å². The van der Waals surface area contributed by atoms with Crippen LogP contribution in [-0.2, 0) is 11.1 Å². The molecule has 0 amide bonds. The van der Waals surface area contributed by atoms with E-state index in [0.717, 1.165) is 24.9 Å². The van der Waals surface area contributed by atoms with Gasteiger partial charge >= 0.3 is 7.82 Å². The molecule has 1 unspecified atom stereocenters. The number of nitrogens with zero attached hydrogens (tertiary/aromatic N) is 2. The van der Waals surface area contributed by atoms with Gasteiger partial charge in [-0.05, 0) is 36.2 Å². The molecule has 40 heavy (non-hydrogen) atoms. The van der Waals surface area contributed by atoms with Gasteiger partial charge in [0.1, 0.15) is 18.8 Å². The average molecular weight is 574 g/mol. The van der Waals surface area contributed by atoms with E-state index in [1.54, 1.807) is 42.7 Å². The van der Waals surface area contributed by atoms with Gasteiger partial charge in [-0.3, -0.25) is 9.47 Å². The Morgan fingerprint density at radius 3 is 2.17 bits per heavy atom. The van der Waals surface area contributed by atoms with Crippen LogP contribution in [0, 0.1) is 0 Å². The average Bonchev–Trinajstić information content (AvgIpc) is 3.44. The minimum atomic E-state index is -4.49. The summed E-state index contributed by atoms with van der Waals surface area (Å²) in [5.41, 5.74) is 0.921. The van der Waals surface area contributed by atoms with E-state index in [1.165, 1.54) is 71.3 Å². The summed E-state index contributed by atoms with van der Waals surface area (Å²) in [6.07, 6.45) is 18.9. The predicted molar refractivity (Wildman–Crippen MR) is 160 cm³/mol. The fourth-order valence-corrected chi connectivity index (χ4v) is 5.47. The molecular weight excluding hydrogens is 527 g/mol. The molecule has 0 radical (unpaired) electrons. The van der Waals surface area contributed by atoms with E-state index in [2.05, 4.69) is 11.9 Å². The molecule has 3 rings (SSSR count). The number of ether oxygens (including phenoxy) is 2. The molecule has 1 atom stereocenters. The van der Waals surface area contributed by atoms with Crippen molar-refractivity contribution < 1.29 is 32.6 Å². The minimum absolute atomic E-state index is 0.0838. The van der Waals surface area contributed by atoms with Gasteiger partial charge in [-0.1, -0.05) is 101 Å². The highest BCUT2D eigenvalue weighted by molar-refractivity contribution is 7.48. The number of phosphoric ester groups is 1. The van der Waals surface area contributed by atoms with Crippen LogP contribution in [0.5, 0.6) is 23.0 Å². The van der Waals surface area contributed by atoms with Gasteiger partial charge in [-0.15, -0.1) is 0 Å². The molecule has 1 N–H and O–H groups in total. The van der Waals surface area contributed by atoms with Crippen LogP contribution in [0.1, 0.15) is 89.5 Å². The molecule has 220 valence electrons. The number of aliphatic imine (C=N–C) groups is 1. The first-order valence-electron chi connectivity index (χ1n) is 14.7. The van der Waals surface area contributed by atoms with Crippen molar-refractivity contribution in [1.29, 1.82) is 0 Å². The Labute approximate surface area is 239 Å². The van der Waals surface area contributed by atoms with Gasteiger partial charge in [0.25, 0.3) is 6.34 Å². The number of benzene rings is 2. The van der Waals surface area contributed by atoms with Gasteiger partial charge in [0.2, 0.25) is 5.75 Å². The quantitative estimate of drug-likeness (QED) is 0.0926. The van der Waals surface area contributed by atoms with Crippen LogP contribution in [0.4, 0.5) is 0 Å². The summed E-state index contributed by atoms with van der Waals surface area (Å²) in [7, 11) is -3.02. The van der Waals surface area contributed by atoms with Crippen molar-refractivity contribution in [3.8, 4) is 23.0 Å². The zero-order valence-electron chi connectivity index (χ0n) is 24.1. The standard InChI is InChI=1S/C31H45N2O6P/c1-3-4-5-6-7-8-9-10-11-12-13-14-23-37-29-19-16-20-30(31(29)36-2)39-40(34,35)38-28-18-15-17-27(24-28)25-33-22-21-32-26-33/h15-21,24,26H,3-14,22-23,25H2,1-2H3/p+1. The van der Waals surface area contributed by atoms with Crippen molar-refractivity contribution in [1.82, 2.24) is 0 Å². The largest absolute Gasteiger partial charge is 0.585 e. The third-order valence-electron chi connectivity index (χ3n) is 6.77. The molecule has 2 aromatic carbocycles. The van der Waals surface area contributed by atoms with Crippen molar-refractivity contribution >= 4 is 20.4 Å². The fraction of sp³-hybridized carbons (Fsp3) is 0.548. The molecule has 8 nitrogen and oxygen atoms in total. The second kappa shape index (κ2) is 17.8. The smallest absolute Gasteiger partial charge is 0.490 e. The Morgan fingerprint density at radius 2 is 1.52 bits per heavy atom. The van der Waals surface area contributed by atoms with E-state index in [1.807, 2.05) is 16.9 Å². The normalized spacial score (nSPS) is 14.0. The number of hydrogen-bond acceptors (Lipinski definition) is 6. The van der Waals surface area contributed by atoms with Crippen molar-refractivity contribution in [2.75, 3.05) is 20.3 Å². The molecule has 0 saturated heterocycles. The van der Waals surface area contributed by atoms with Gasteiger partial charge < -0.3 is 18.5 Å². The molecule has 2 aromatic rings. The minimum Gasteiger partial charge on any atom is -0.490 e. The van der Waals surface area contributed by atoms with Crippen LogP contribution in [0.25, 0.3) is 0 Å². The van der Waals surface area contributed by atoms with Crippen LogP contribution in [0.2, 0.25) is 0 Å². The Bertz CT molecular complexity index is 1140. The number of phosphoric acid groups is 1. The maximum atomic E-state index is 12.9. The first-order chi connectivity index (χ1) is 19.5. The summed E-state index contributed by atoms with van der Waals surface area (Å²) < 4.78 is 37.0. The molecular formula is C31H46N2O6P+. The zero-order valence-corrected chi connectivity index (χ0v) is 25.0. The zero-order chi connectivity index (χ0) is 28.5. The van der Waals surface area contributed by atoms with E-state index in [4.69, 9.17) is 18.5 Å². The van der Waals surface area contributed by atoms with Gasteiger partial charge in [0, 0.05) is 0 Å². The van der Waals surface area contributed by atoms with Crippen molar-refractivity contribution in [3.05, 3.63) is 48.0 Å². The molecule has 1 aliphatic heterocycles. The molecule has 0 aliphatic carbocycles. The topological polar surface area (TPSA) is 89.6 Å². The van der Waals surface area contributed by atoms with Crippen LogP contribution in [0.3, 0.4) is 0 Å². The number of hydrogen-bond donors (Lipinski definition) is 1. The maximum Gasteiger partial charge on any atom is 0.585 e. The van der Waals surface area contributed by atoms with Gasteiger partial charge in [-0.25, -0.2) is 4.57 Å². The summed E-state index contributed by atoms with van der Waals surface area (Å²) in [5.74, 6) is 1.05. The second-order valence-corrected chi connectivity index (χ2v) is 11.5. The lowest BCUT2D eigenvalue weighted by molar-refractivity contribution is -0.521. The second-order valence-electron chi connectivity index (χ2n) is 10.2. The van der Waals surface area contributed by atoms with E-state index in [0.29, 0.717) is 18.9 Å². The lowest BCUT2D eigenvalue weighted by Gasteiger charge is -2.18. The SMILES string of the molecule is CCCCCCCCCCCCCCOc1cccc(OP(=O)(O)Oc2cccc(C[N+]3=CN=CC3)c2)c1OC. The molecule has 0 aromatic heterocycles. The molecule has 0 bridgehead atoms. The van der Waals surface area contributed by atoms with Crippen molar-refractivity contribution in [2.24, 2.45) is 4.99 Å². The van der Waals surface area contributed by atoms with E-state index in [-0.39, 0.29) is 17.2 Å². The summed E-state index contributed by atoms with van der Waals surface area (Å²) in [5, 5.41) is 0. The Hall–Kier alpha value is -2.83. The number of unbranched alkanes of at least 4 members (excludes halogenated alkanes) is 11. The van der Waals surface area contributed by atoms with Crippen LogP contribution < -0.4 is 18.5 Å². The monoisotopic (exact) mass is 573 g/mol. The predicted octanol–water partition coefficient (Wildman–Crippen LogP) is 7.96. The highest BCUT2D eigenvalue weighted by Gasteiger charge is 2.28. The Morgan fingerprint density at radius 1 is 0.875 bits per heavy atom. The van der Waals surface area contributed by atoms with Crippen LogP contribution in [-0.4, -0.2) is 42.3 Å². The Balaban J connectivity index is 1.40. The van der Waals surface area contributed by atoms with Gasteiger partial charge in [0.05, 0.1) is 13.7 Å². The highest BCUT2D eigenvalue weighted by Crippen LogP contribution is 2.49. The fourth-order valence-electron chi connectivity index (χ4n) is 4.66. The van der Waals surface area contributed by atoms with E-state index >= 15 is 0 Å².